The van der Waals surface area contributed by atoms with Crippen LogP contribution >= 0.6 is 33.9 Å². The van der Waals surface area contributed by atoms with Crippen molar-refractivity contribution < 1.29 is 5.11 Å². The van der Waals surface area contributed by atoms with Gasteiger partial charge in [-0.2, -0.15) is 0 Å². The maximum atomic E-state index is 10.3. The first-order valence-electron chi connectivity index (χ1n) is 5.90. The van der Waals surface area contributed by atoms with Gasteiger partial charge in [0, 0.05) is 0 Å². The quantitative estimate of drug-likeness (QED) is 0.756. The van der Waals surface area contributed by atoms with Crippen LogP contribution in [0.25, 0.3) is 0 Å². The summed E-state index contributed by atoms with van der Waals surface area (Å²) in [6.07, 6.45) is -0.515. The molecule has 0 saturated heterocycles. The zero-order valence-corrected chi connectivity index (χ0v) is 13.7. The molecule has 2 aromatic rings. The van der Waals surface area contributed by atoms with Crippen molar-refractivity contribution in [2.75, 3.05) is 0 Å². The average Bonchev–Trinajstić information content (AvgIpc) is 2.74. The highest BCUT2D eigenvalue weighted by Gasteiger charge is 2.16. The maximum Gasteiger partial charge on any atom is 0.105 e. The highest BCUT2D eigenvalue weighted by molar-refractivity contribution is 14.1. The number of hydrogen-bond donors (Lipinski definition) is 1. The summed E-state index contributed by atoms with van der Waals surface area (Å²) < 4.78 is 1.20. The van der Waals surface area contributed by atoms with Gasteiger partial charge < -0.3 is 5.11 Å². The van der Waals surface area contributed by atoms with Crippen molar-refractivity contribution in [3.05, 3.63) is 55.3 Å². The Hall–Kier alpha value is -0.390. The topological polar surface area (TPSA) is 20.2 Å². The van der Waals surface area contributed by atoms with Gasteiger partial charge in [0.2, 0.25) is 0 Å². The summed E-state index contributed by atoms with van der Waals surface area (Å²) in [7, 11) is 0. The molecule has 1 aromatic heterocycles. The predicted molar refractivity (Wildman–Crippen MR) is 86.2 cm³/mol. The second kappa shape index (κ2) is 5.31. The molecular weight excluding hydrogens is 355 g/mol. The van der Waals surface area contributed by atoms with E-state index in [1.165, 1.54) is 8.45 Å². The summed E-state index contributed by atoms with van der Waals surface area (Å²) in [5.41, 5.74) is 3.38. The van der Waals surface area contributed by atoms with Crippen molar-refractivity contribution >= 4 is 33.9 Å². The van der Waals surface area contributed by atoms with E-state index in [-0.39, 0.29) is 5.41 Å². The molecule has 0 fully saturated rings. The normalized spacial score (nSPS) is 13.6. The van der Waals surface area contributed by atoms with Crippen molar-refractivity contribution in [3.63, 3.8) is 0 Å². The van der Waals surface area contributed by atoms with E-state index in [1.54, 1.807) is 11.3 Å². The maximum absolute atomic E-state index is 10.3. The number of aliphatic hydroxyl groups excluding tert-OH is 1. The number of halogens is 1. The van der Waals surface area contributed by atoms with Crippen LogP contribution in [0.3, 0.4) is 0 Å². The third-order valence-electron chi connectivity index (χ3n) is 3.00. The standard InChI is InChI=1S/C15H17IOS/c1-15(2,3)12-6-4-10(5-7-12)14(17)11-8-13(16)18-9-11/h4-9,14,17H,1-3H3. The van der Waals surface area contributed by atoms with E-state index in [2.05, 4.69) is 55.5 Å². The first-order valence-corrected chi connectivity index (χ1v) is 7.86. The van der Waals surface area contributed by atoms with E-state index < -0.39 is 6.10 Å². The molecule has 0 bridgehead atoms. The predicted octanol–water partition coefficient (Wildman–Crippen LogP) is 4.73. The molecule has 1 atom stereocenters. The van der Waals surface area contributed by atoms with Crippen LogP contribution in [0.15, 0.2) is 35.7 Å². The fourth-order valence-electron chi connectivity index (χ4n) is 1.82. The lowest BCUT2D eigenvalue weighted by Crippen LogP contribution is -2.11. The molecule has 96 valence electrons. The Morgan fingerprint density at radius 3 is 2.17 bits per heavy atom. The van der Waals surface area contributed by atoms with Gasteiger partial charge in [0.15, 0.2) is 0 Å². The van der Waals surface area contributed by atoms with E-state index in [9.17, 15) is 5.11 Å². The fourth-order valence-corrected chi connectivity index (χ4v) is 3.22. The van der Waals surface area contributed by atoms with Gasteiger partial charge in [0.25, 0.3) is 0 Å². The molecule has 0 aliphatic heterocycles. The molecule has 1 aromatic carbocycles. The zero-order chi connectivity index (χ0) is 13.3. The van der Waals surface area contributed by atoms with Gasteiger partial charge in [0.1, 0.15) is 6.10 Å². The Bertz CT molecular complexity index is 522. The molecule has 0 saturated carbocycles. The molecule has 2 rings (SSSR count). The van der Waals surface area contributed by atoms with Crippen LogP contribution in [0.1, 0.15) is 43.6 Å². The Labute approximate surface area is 126 Å². The average molecular weight is 372 g/mol. The molecule has 3 heteroatoms. The Morgan fingerprint density at radius 1 is 1.11 bits per heavy atom. The van der Waals surface area contributed by atoms with E-state index in [0.29, 0.717) is 0 Å². The van der Waals surface area contributed by atoms with Gasteiger partial charge in [-0.05, 0) is 56.1 Å². The fraction of sp³-hybridized carbons (Fsp3) is 0.333. The summed E-state index contributed by atoms with van der Waals surface area (Å²) in [6, 6.07) is 10.3. The van der Waals surface area contributed by atoms with Crippen LogP contribution in [0.2, 0.25) is 0 Å². The lowest BCUT2D eigenvalue weighted by Gasteiger charge is -2.20. The molecular formula is C15H17IOS. The summed E-state index contributed by atoms with van der Waals surface area (Å²) in [6.45, 7) is 6.58. The highest BCUT2D eigenvalue weighted by Crippen LogP contribution is 2.29. The molecule has 1 heterocycles. The lowest BCUT2D eigenvalue weighted by atomic mass is 9.86. The molecule has 0 amide bonds. The molecule has 18 heavy (non-hydrogen) atoms. The lowest BCUT2D eigenvalue weighted by molar-refractivity contribution is 0.220. The van der Waals surface area contributed by atoms with Gasteiger partial charge in [0.05, 0.1) is 2.88 Å². The van der Waals surface area contributed by atoms with E-state index in [4.69, 9.17) is 0 Å². The molecule has 1 nitrogen and oxygen atoms in total. The Kier molecular flexibility index (Phi) is 4.14. The SMILES string of the molecule is CC(C)(C)c1ccc(C(O)c2csc(I)c2)cc1. The van der Waals surface area contributed by atoms with Crippen molar-refractivity contribution in [3.8, 4) is 0 Å². The summed E-state index contributed by atoms with van der Waals surface area (Å²) in [5.74, 6) is 0. The summed E-state index contributed by atoms with van der Waals surface area (Å²) in [4.78, 5) is 0. The minimum atomic E-state index is -0.515. The molecule has 0 radical (unpaired) electrons. The second-order valence-corrected chi connectivity index (χ2v) is 8.26. The van der Waals surface area contributed by atoms with Crippen LogP contribution < -0.4 is 0 Å². The van der Waals surface area contributed by atoms with Crippen molar-refractivity contribution in [2.45, 2.75) is 32.3 Å². The molecule has 1 unspecified atom stereocenters. The zero-order valence-electron chi connectivity index (χ0n) is 10.8. The van der Waals surface area contributed by atoms with Gasteiger partial charge in [-0.25, -0.2) is 0 Å². The number of thiophene rings is 1. The second-order valence-electron chi connectivity index (χ2n) is 5.46. The van der Waals surface area contributed by atoms with Crippen molar-refractivity contribution in [1.29, 1.82) is 0 Å². The van der Waals surface area contributed by atoms with Gasteiger partial charge in [-0.1, -0.05) is 45.0 Å². The molecule has 1 N–H and O–H groups in total. The highest BCUT2D eigenvalue weighted by atomic mass is 127. The minimum Gasteiger partial charge on any atom is -0.384 e. The van der Waals surface area contributed by atoms with E-state index in [1.807, 2.05) is 23.6 Å². The molecule has 0 aliphatic rings. The number of benzene rings is 1. The minimum absolute atomic E-state index is 0.154. The Morgan fingerprint density at radius 2 is 1.72 bits per heavy atom. The van der Waals surface area contributed by atoms with Crippen LogP contribution in [0.5, 0.6) is 0 Å². The monoisotopic (exact) mass is 372 g/mol. The third-order valence-corrected chi connectivity index (χ3v) is 4.80. The Balaban J connectivity index is 2.24. The number of rotatable bonds is 2. The van der Waals surface area contributed by atoms with Crippen LogP contribution in [-0.4, -0.2) is 5.11 Å². The molecule has 0 aliphatic carbocycles. The van der Waals surface area contributed by atoms with E-state index in [0.717, 1.165) is 11.1 Å². The van der Waals surface area contributed by atoms with Crippen LogP contribution in [0.4, 0.5) is 0 Å². The summed E-state index contributed by atoms with van der Waals surface area (Å²) >= 11 is 3.94. The van der Waals surface area contributed by atoms with E-state index >= 15 is 0 Å². The van der Waals surface area contributed by atoms with Crippen molar-refractivity contribution in [2.24, 2.45) is 0 Å². The van der Waals surface area contributed by atoms with Gasteiger partial charge in [-0.3, -0.25) is 0 Å². The number of hydrogen-bond acceptors (Lipinski definition) is 2. The van der Waals surface area contributed by atoms with Gasteiger partial charge in [-0.15, -0.1) is 11.3 Å². The third kappa shape index (κ3) is 3.13. The number of aliphatic hydroxyl groups is 1. The smallest absolute Gasteiger partial charge is 0.105 e. The van der Waals surface area contributed by atoms with Crippen molar-refractivity contribution in [1.82, 2.24) is 0 Å². The summed E-state index contributed by atoms with van der Waals surface area (Å²) in [5, 5.41) is 12.3. The molecule has 0 spiro atoms. The first-order chi connectivity index (χ1) is 8.38. The largest absolute Gasteiger partial charge is 0.384 e. The first kappa shape index (κ1) is 14.0. The van der Waals surface area contributed by atoms with Crippen LogP contribution in [-0.2, 0) is 5.41 Å². The van der Waals surface area contributed by atoms with Gasteiger partial charge >= 0.3 is 0 Å². The van der Waals surface area contributed by atoms with Crippen LogP contribution in [0, 0.1) is 2.88 Å².